The van der Waals surface area contributed by atoms with Gasteiger partial charge in [-0.2, -0.15) is 0 Å². The SMILES string of the molecule is CC(C)CCCC(C)NC(=O)CC(C)N. The van der Waals surface area contributed by atoms with Crippen LogP contribution in [0.5, 0.6) is 0 Å². The highest BCUT2D eigenvalue weighted by molar-refractivity contribution is 5.76. The van der Waals surface area contributed by atoms with E-state index >= 15 is 0 Å². The highest BCUT2D eigenvalue weighted by Gasteiger charge is 2.08. The van der Waals surface area contributed by atoms with E-state index in [1.807, 2.05) is 6.92 Å². The van der Waals surface area contributed by atoms with Gasteiger partial charge in [-0.15, -0.1) is 0 Å². The van der Waals surface area contributed by atoms with Gasteiger partial charge in [-0.05, 0) is 26.2 Å². The van der Waals surface area contributed by atoms with E-state index in [2.05, 4.69) is 26.1 Å². The van der Waals surface area contributed by atoms with Gasteiger partial charge in [0.05, 0.1) is 0 Å². The fraction of sp³-hybridized carbons (Fsp3) is 0.917. The van der Waals surface area contributed by atoms with Crippen LogP contribution in [0.3, 0.4) is 0 Å². The Morgan fingerprint density at radius 1 is 1.20 bits per heavy atom. The Balaban J connectivity index is 3.55. The van der Waals surface area contributed by atoms with Gasteiger partial charge in [0, 0.05) is 18.5 Å². The van der Waals surface area contributed by atoms with Crippen LogP contribution in [-0.4, -0.2) is 18.0 Å². The number of amides is 1. The number of nitrogens with two attached hydrogens (primary N) is 1. The molecule has 1 amide bonds. The third-order valence-corrected chi connectivity index (χ3v) is 2.33. The summed E-state index contributed by atoms with van der Waals surface area (Å²) in [6.07, 6.45) is 3.89. The van der Waals surface area contributed by atoms with Crippen molar-refractivity contribution in [2.24, 2.45) is 11.7 Å². The normalized spacial score (nSPS) is 15.1. The zero-order valence-electron chi connectivity index (χ0n) is 10.5. The first-order chi connectivity index (χ1) is 6.91. The lowest BCUT2D eigenvalue weighted by molar-refractivity contribution is -0.121. The largest absolute Gasteiger partial charge is 0.354 e. The third kappa shape index (κ3) is 9.73. The van der Waals surface area contributed by atoms with Gasteiger partial charge >= 0.3 is 0 Å². The summed E-state index contributed by atoms with van der Waals surface area (Å²) < 4.78 is 0. The molecule has 15 heavy (non-hydrogen) atoms. The lowest BCUT2D eigenvalue weighted by Crippen LogP contribution is -2.35. The lowest BCUT2D eigenvalue weighted by atomic mass is 10.0. The molecular formula is C12H26N2O. The topological polar surface area (TPSA) is 55.1 Å². The second kappa shape index (κ2) is 7.69. The van der Waals surface area contributed by atoms with Gasteiger partial charge in [0.15, 0.2) is 0 Å². The van der Waals surface area contributed by atoms with Crippen LogP contribution in [0.4, 0.5) is 0 Å². The number of rotatable bonds is 7. The summed E-state index contributed by atoms with van der Waals surface area (Å²) >= 11 is 0. The predicted molar refractivity (Wildman–Crippen MR) is 64.6 cm³/mol. The monoisotopic (exact) mass is 214 g/mol. The molecule has 0 heterocycles. The van der Waals surface area contributed by atoms with Crippen molar-refractivity contribution >= 4 is 5.91 Å². The van der Waals surface area contributed by atoms with E-state index in [0.29, 0.717) is 6.42 Å². The van der Waals surface area contributed by atoms with Crippen molar-refractivity contribution in [1.29, 1.82) is 0 Å². The Morgan fingerprint density at radius 2 is 1.80 bits per heavy atom. The Bertz CT molecular complexity index is 178. The molecule has 90 valence electrons. The first-order valence-electron chi connectivity index (χ1n) is 5.96. The van der Waals surface area contributed by atoms with Gasteiger partial charge in [0.25, 0.3) is 0 Å². The van der Waals surface area contributed by atoms with E-state index in [1.54, 1.807) is 0 Å². The van der Waals surface area contributed by atoms with Gasteiger partial charge in [-0.25, -0.2) is 0 Å². The summed E-state index contributed by atoms with van der Waals surface area (Å²) in [6, 6.07) is 0.225. The van der Waals surface area contributed by atoms with Crippen LogP contribution in [0.1, 0.15) is 53.4 Å². The number of carbonyl (C=O) groups excluding carboxylic acids is 1. The number of hydrogen-bond acceptors (Lipinski definition) is 2. The van der Waals surface area contributed by atoms with E-state index in [0.717, 1.165) is 12.3 Å². The molecule has 2 atom stereocenters. The van der Waals surface area contributed by atoms with E-state index in [-0.39, 0.29) is 18.0 Å². The second-order valence-corrected chi connectivity index (χ2v) is 4.97. The molecule has 0 radical (unpaired) electrons. The lowest BCUT2D eigenvalue weighted by Gasteiger charge is -2.15. The molecule has 0 aliphatic rings. The highest BCUT2D eigenvalue weighted by atomic mass is 16.1. The van der Waals surface area contributed by atoms with Gasteiger partial charge in [0.2, 0.25) is 5.91 Å². The van der Waals surface area contributed by atoms with E-state index in [1.165, 1.54) is 12.8 Å². The van der Waals surface area contributed by atoms with Crippen molar-refractivity contribution in [3.63, 3.8) is 0 Å². The van der Waals surface area contributed by atoms with Crippen LogP contribution in [0.2, 0.25) is 0 Å². The summed E-state index contributed by atoms with van der Waals surface area (Å²) in [6.45, 7) is 8.35. The molecule has 0 rings (SSSR count). The molecule has 3 nitrogen and oxygen atoms in total. The maximum Gasteiger partial charge on any atom is 0.221 e. The minimum Gasteiger partial charge on any atom is -0.354 e. The second-order valence-electron chi connectivity index (χ2n) is 4.97. The van der Waals surface area contributed by atoms with Gasteiger partial charge in [-0.1, -0.05) is 26.7 Å². The van der Waals surface area contributed by atoms with Crippen molar-refractivity contribution in [2.75, 3.05) is 0 Å². The van der Waals surface area contributed by atoms with Crippen LogP contribution >= 0.6 is 0 Å². The average Bonchev–Trinajstić information content (AvgIpc) is 2.00. The molecule has 0 aromatic carbocycles. The zero-order chi connectivity index (χ0) is 11.8. The first-order valence-corrected chi connectivity index (χ1v) is 5.96. The summed E-state index contributed by atoms with van der Waals surface area (Å²) in [7, 11) is 0. The summed E-state index contributed by atoms with van der Waals surface area (Å²) in [5.74, 6) is 0.819. The molecule has 0 saturated carbocycles. The summed E-state index contributed by atoms with van der Waals surface area (Å²) in [5.41, 5.74) is 5.55. The fourth-order valence-electron chi connectivity index (χ4n) is 1.53. The Labute approximate surface area is 93.8 Å². The van der Waals surface area contributed by atoms with Crippen molar-refractivity contribution in [3.05, 3.63) is 0 Å². The molecule has 0 aliphatic heterocycles. The average molecular weight is 214 g/mol. The van der Waals surface area contributed by atoms with Crippen molar-refractivity contribution in [1.82, 2.24) is 5.32 Å². The maximum atomic E-state index is 11.4. The highest BCUT2D eigenvalue weighted by Crippen LogP contribution is 2.08. The quantitative estimate of drug-likeness (QED) is 0.681. The van der Waals surface area contributed by atoms with E-state index in [4.69, 9.17) is 5.73 Å². The van der Waals surface area contributed by atoms with Crippen molar-refractivity contribution in [2.45, 2.75) is 65.5 Å². The van der Waals surface area contributed by atoms with E-state index in [9.17, 15) is 4.79 Å². The maximum absolute atomic E-state index is 11.4. The van der Waals surface area contributed by atoms with Gasteiger partial charge in [-0.3, -0.25) is 4.79 Å². The Morgan fingerprint density at radius 3 is 2.27 bits per heavy atom. The number of carbonyl (C=O) groups is 1. The summed E-state index contributed by atoms with van der Waals surface area (Å²) in [5, 5.41) is 2.97. The molecule has 2 unspecified atom stereocenters. The molecule has 0 fully saturated rings. The molecule has 3 heteroatoms. The van der Waals surface area contributed by atoms with Crippen molar-refractivity contribution in [3.8, 4) is 0 Å². The fourth-order valence-corrected chi connectivity index (χ4v) is 1.53. The molecule has 0 aliphatic carbocycles. The zero-order valence-corrected chi connectivity index (χ0v) is 10.5. The Kier molecular flexibility index (Phi) is 7.39. The van der Waals surface area contributed by atoms with Gasteiger partial charge < -0.3 is 11.1 Å². The third-order valence-electron chi connectivity index (χ3n) is 2.33. The number of nitrogens with one attached hydrogen (secondary N) is 1. The van der Waals surface area contributed by atoms with Crippen LogP contribution in [0, 0.1) is 5.92 Å². The number of hydrogen-bond donors (Lipinski definition) is 2. The molecule has 0 aromatic rings. The Hall–Kier alpha value is -0.570. The van der Waals surface area contributed by atoms with Crippen LogP contribution in [0.25, 0.3) is 0 Å². The van der Waals surface area contributed by atoms with Crippen LogP contribution in [0.15, 0.2) is 0 Å². The molecule has 0 aromatic heterocycles. The minimum absolute atomic E-state index is 0.0483. The van der Waals surface area contributed by atoms with Crippen LogP contribution in [-0.2, 0) is 4.79 Å². The molecule has 0 saturated heterocycles. The van der Waals surface area contributed by atoms with E-state index < -0.39 is 0 Å². The van der Waals surface area contributed by atoms with Crippen molar-refractivity contribution < 1.29 is 4.79 Å². The smallest absolute Gasteiger partial charge is 0.221 e. The molecule has 3 N–H and O–H groups in total. The van der Waals surface area contributed by atoms with Crippen LogP contribution < -0.4 is 11.1 Å². The molecule has 0 bridgehead atoms. The molecule has 0 spiro atoms. The predicted octanol–water partition coefficient (Wildman–Crippen LogP) is 2.05. The minimum atomic E-state index is -0.0483. The standard InChI is InChI=1S/C12H26N2O/c1-9(2)6-5-7-11(4)14-12(15)8-10(3)13/h9-11H,5-8,13H2,1-4H3,(H,14,15). The van der Waals surface area contributed by atoms with Gasteiger partial charge in [0.1, 0.15) is 0 Å². The molecular weight excluding hydrogens is 188 g/mol. The first kappa shape index (κ1) is 14.4. The summed E-state index contributed by atoms with van der Waals surface area (Å²) in [4.78, 5) is 11.4.